The van der Waals surface area contributed by atoms with Gasteiger partial charge in [0.1, 0.15) is 23.4 Å². The second-order valence-electron chi connectivity index (χ2n) is 5.42. The van der Waals surface area contributed by atoms with Gasteiger partial charge >= 0.3 is 0 Å². The first-order valence-electron chi connectivity index (χ1n) is 7.42. The molecular formula is C15H21N3O3. The summed E-state index contributed by atoms with van der Waals surface area (Å²) >= 11 is 0. The van der Waals surface area contributed by atoms with Crippen molar-refractivity contribution in [3.63, 3.8) is 0 Å². The molecule has 21 heavy (non-hydrogen) atoms. The first kappa shape index (κ1) is 14.3. The normalized spacial score (nSPS) is 20.6. The molecule has 3 rings (SSSR count). The van der Waals surface area contributed by atoms with E-state index in [1.54, 1.807) is 6.20 Å². The molecule has 1 aliphatic rings. The van der Waals surface area contributed by atoms with Gasteiger partial charge in [0.25, 0.3) is 0 Å². The molecule has 6 heteroatoms. The molecule has 1 aliphatic heterocycles. The Labute approximate surface area is 124 Å². The third-order valence-corrected chi connectivity index (χ3v) is 3.61. The average molecular weight is 291 g/mol. The van der Waals surface area contributed by atoms with Gasteiger partial charge in [-0.1, -0.05) is 5.16 Å². The second kappa shape index (κ2) is 6.41. The Bertz CT molecular complexity index is 572. The Hall–Kier alpha value is -1.66. The molecule has 1 saturated heterocycles. The molecule has 0 spiro atoms. The summed E-state index contributed by atoms with van der Waals surface area (Å²) in [4.78, 5) is 4.41. The summed E-state index contributed by atoms with van der Waals surface area (Å²) in [6.45, 7) is 5.30. The van der Waals surface area contributed by atoms with E-state index in [2.05, 4.69) is 10.1 Å². The number of imidazole rings is 1. The first-order valence-corrected chi connectivity index (χ1v) is 7.42. The van der Waals surface area contributed by atoms with Crippen LogP contribution in [0.25, 0.3) is 0 Å². The van der Waals surface area contributed by atoms with Crippen LogP contribution >= 0.6 is 0 Å². The van der Waals surface area contributed by atoms with Crippen LogP contribution in [-0.4, -0.2) is 27.6 Å². The van der Waals surface area contributed by atoms with E-state index in [0.717, 1.165) is 43.1 Å². The number of hydrogen-bond acceptors (Lipinski definition) is 5. The topological polar surface area (TPSA) is 62.3 Å². The molecule has 6 nitrogen and oxygen atoms in total. The molecule has 0 saturated carbocycles. The summed E-state index contributed by atoms with van der Waals surface area (Å²) in [5.41, 5.74) is 0.882. The summed E-state index contributed by atoms with van der Waals surface area (Å²) < 4.78 is 18.7. The summed E-state index contributed by atoms with van der Waals surface area (Å²) in [6.07, 6.45) is 6.71. The van der Waals surface area contributed by atoms with Crippen molar-refractivity contribution in [3.8, 4) is 0 Å². The van der Waals surface area contributed by atoms with Crippen molar-refractivity contribution in [2.45, 2.75) is 52.0 Å². The lowest BCUT2D eigenvalue weighted by molar-refractivity contribution is -0.188. The Morgan fingerprint density at radius 3 is 3.10 bits per heavy atom. The van der Waals surface area contributed by atoms with Crippen LogP contribution < -0.4 is 0 Å². The molecule has 0 aliphatic carbocycles. The van der Waals surface area contributed by atoms with Crippen molar-refractivity contribution >= 4 is 0 Å². The fraction of sp³-hybridized carbons (Fsp3) is 0.600. The summed E-state index contributed by atoms with van der Waals surface area (Å²) in [5, 5.41) is 4.02. The van der Waals surface area contributed by atoms with Gasteiger partial charge in [0.05, 0.1) is 6.54 Å². The molecule has 2 aromatic heterocycles. The van der Waals surface area contributed by atoms with Gasteiger partial charge < -0.3 is 18.6 Å². The Morgan fingerprint density at radius 2 is 2.38 bits per heavy atom. The van der Waals surface area contributed by atoms with Crippen LogP contribution in [0.2, 0.25) is 0 Å². The van der Waals surface area contributed by atoms with E-state index in [4.69, 9.17) is 14.0 Å². The molecule has 0 N–H and O–H groups in total. The Morgan fingerprint density at radius 1 is 1.48 bits per heavy atom. The van der Waals surface area contributed by atoms with Crippen LogP contribution in [0.4, 0.5) is 0 Å². The highest BCUT2D eigenvalue weighted by molar-refractivity contribution is 5.07. The summed E-state index contributed by atoms with van der Waals surface area (Å²) in [5.74, 6) is 1.69. The highest BCUT2D eigenvalue weighted by Gasteiger charge is 2.21. The van der Waals surface area contributed by atoms with E-state index < -0.39 is 0 Å². The molecule has 2 aromatic rings. The van der Waals surface area contributed by atoms with Gasteiger partial charge in [-0.25, -0.2) is 4.98 Å². The predicted molar refractivity (Wildman–Crippen MR) is 75.7 cm³/mol. The Balaban J connectivity index is 1.66. The highest BCUT2D eigenvalue weighted by Crippen LogP contribution is 2.23. The SMILES string of the molecule is Cc1cc(Cn2ccnc2[C@H](C)OC2CCCCO2)no1. The monoisotopic (exact) mass is 291 g/mol. The number of aryl methyl sites for hydroxylation is 1. The smallest absolute Gasteiger partial charge is 0.158 e. The maximum atomic E-state index is 5.97. The molecule has 1 unspecified atom stereocenters. The Kier molecular flexibility index (Phi) is 4.36. The highest BCUT2D eigenvalue weighted by atomic mass is 16.7. The zero-order chi connectivity index (χ0) is 14.7. The lowest BCUT2D eigenvalue weighted by atomic mass is 10.2. The molecule has 0 bridgehead atoms. The molecule has 0 amide bonds. The number of aromatic nitrogens is 3. The van der Waals surface area contributed by atoms with Crippen molar-refractivity contribution in [1.29, 1.82) is 0 Å². The summed E-state index contributed by atoms with van der Waals surface area (Å²) in [7, 11) is 0. The van der Waals surface area contributed by atoms with Gasteiger partial charge in [-0.05, 0) is 33.1 Å². The van der Waals surface area contributed by atoms with Gasteiger partial charge in [-0.15, -0.1) is 0 Å². The largest absolute Gasteiger partial charge is 0.361 e. The van der Waals surface area contributed by atoms with E-state index in [-0.39, 0.29) is 12.4 Å². The van der Waals surface area contributed by atoms with Crippen molar-refractivity contribution in [1.82, 2.24) is 14.7 Å². The minimum absolute atomic E-state index is 0.115. The molecule has 3 heterocycles. The van der Waals surface area contributed by atoms with Crippen LogP contribution in [0.3, 0.4) is 0 Å². The van der Waals surface area contributed by atoms with Gasteiger partial charge in [0.15, 0.2) is 6.29 Å². The second-order valence-corrected chi connectivity index (χ2v) is 5.42. The minimum atomic E-state index is -0.117. The van der Waals surface area contributed by atoms with Crippen molar-refractivity contribution < 1.29 is 14.0 Å². The maximum absolute atomic E-state index is 5.97. The van der Waals surface area contributed by atoms with Crippen LogP contribution in [-0.2, 0) is 16.0 Å². The van der Waals surface area contributed by atoms with Crippen LogP contribution in [0, 0.1) is 6.92 Å². The standard InChI is InChI=1S/C15H21N3O3/c1-11-9-13(17-21-11)10-18-7-6-16-15(18)12(2)20-14-5-3-4-8-19-14/h6-7,9,12,14H,3-5,8,10H2,1-2H3/t12-,14?/m0/s1. The van der Waals surface area contributed by atoms with Gasteiger partial charge in [-0.3, -0.25) is 0 Å². The number of hydrogen-bond donors (Lipinski definition) is 0. The van der Waals surface area contributed by atoms with Crippen molar-refractivity contribution in [3.05, 3.63) is 35.7 Å². The van der Waals surface area contributed by atoms with E-state index in [1.807, 2.05) is 30.7 Å². The molecule has 0 radical (unpaired) electrons. The zero-order valence-electron chi connectivity index (χ0n) is 12.5. The molecule has 114 valence electrons. The minimum Gasteiger partial charge on any atom is -0.361 e. The van der Waals surface area contributed by atoms with E-state index in [0.29, 0.717) is 6.54 Å². The van der Waals surface area contributed by atoms with Crippen molar-refractivity contribution in [2.24, 2.45) is 0 Å². The van der Waals surface area contributed by atoms with E-state index in [9.17, 15) is 0 Å². The van der Waals surface area contributed by atoms with E-state index >= 15 is 0 Å². The number of ether oxygens (including phenoxy) is 2. The lowest BCUT2D eigenvalue weighted by Gasteiger charge is -2.26. The predicted octanol–water partition coefficient (Wildman–Crippen LogP) is 2.83. The molecular weight excluding hydrogens is 270 g/mol. The fourth-order valence-corrected chi connectivity index (χ4v) is 2.59. The number of nitrogens with zero attached hydrogens (tertiary/aromatic N) is 3. The van der Waals surface area contributed by atoms with Crippen LogP contribution in [0.15, 0.2) is 23.0 Å². The average Bonchev–Trinajstić information content (AvgIpc) is 3.10. The summed E-state index contributed by atoms with van der Waals surface area (Å²) in [6, 6.07) is 1.93. The van der Waals surface area contributed by atoms with Gasteiger partial charge in [-0.2, -0.15) is 0 Å². The van der Waals surface area contributed by atoms with Gasteiger partial charge in [0, 0.05) is 25.1 Å². The number of rotatable bonds is 5. The zero-order valence-corrected chi connectivity index (χ0v) is 12.5. The van der Waals surface area contributed by atoms with Crippen molar-refractivity contribution in [2.75, 3.05) is 6.61 Å². The quantitative estimate of drug-likeness (QED) is 0.847. The third kappa shape index (κ3) is 3.51. The van der Waals surface area contributed by atoms with Crippen LogP contribution in [0.1, 0.15) is 49.6 Å². The first-order chi connectivity index (χ1) is 10.2. The fourth-order valence-electron chi connectivity index (χ4n) is 2.59. The molecule has 0 aromatic carbocycles. The molecule has 1 fully saturated rings. The van der Waals surface area contributed by atoms with Gasteiger partial charge in [0.2, 0.25) is 0 Å². The lowest BCUT2D eigenvalue weighted by Crippen LogP contribution is -2.24. The maximum Gasteiger partial charge on any atom is 0.158 e. The molecule has 2 atom stereocenters. The van der Waals surface area contributed by atoms with E-state index in [1.165, 1.54) is 0 Å². The third-order valence-electron chi connectivity index (χ3n) is 3.61. The van der Waals surface area contributed by atoms with Crippen LogP contribution in [0.5, 0.6) is 0 Å².